The number of aromatic nitrogens is 1. The van der Waals surface area contributed by atoms with Crippen molar-refractivity contribution in [3.63, 3.8) is 0 Å². The van der Waals surface area contributed by atoms with Crippen molar-refractivity contribution in [3.8, 4) is 11.5 Å². The molecule has 0 aliphatic rings. The van der Waals surface area contributed by atoms with Gasteiger partial charge in [0, 0.05) is 12.4 Å². The smallest absolute Gasteiger partial charge is 0.123 e. The number of benzene rings is 4. The van der Waals surface area contributed by atoms with Crippen LogP contribution in [0.5, 0.6) is 11.5 Å². The highest BCUT2D eigenvalue weighted by Crippen LogP contribution is 2.11. The van der Waals surface area contributed by atoms with E-state index >= 15 is 0 Å². The number of hydrogen-bond acceptors (Lipinski definition) is 3. The first-order valence-electron chi connectivity index (χ1n) is 13.0. The molecule has 0 spiro atoms. The number of rotatable bonds is 2. The van der Waals surface area contributed by atoms with Gasteiger partial charge in [-0.3, -0.25) is 4.98 Å². The lowest BCUT2D eigenvalue weighted by Crippen LogP contribution is -1.81. The minimum atomic E-state index is -0.162. The summed E-state index contributed by atoms with van der Waals surface area (Å²) in [5.74, 6) is 1.68. The van der Waals surface area contributed by atoms with Gasteiger partial charge in [0.2, 0.25) is 0 Å². The molecule has 0 atom stereocenters. The Labute approximate surface area is 247 Å². The maximum Gasteiger partial charge on any atom is 0.123 e. The van der Waals surface area contributed by atoms with Gasteiger partial charge in [-0.25, -0.2) is 4.39 Å². The summed E-state index contributed by atoms with van der Waals surface area (Å²) in [6, 6.07) is 36.6. The van der Waals surface area contributed by atoms with E-state index in [2.05, 4.69) is 31.0 Å². The third-order valence-corrected chi connectivity index (χ3v) is 5.25. The maximum atomic E-state index is 12.2. The molecule has 0 N–H and O–H groups in total. The number of pyridine rings is 1. The molecular weight excluding hydrogens is 509 g/mol. The van der Waals surface area contributed by atoms with Crippen molar-refractivity contribution in [1.82, 2.24) is 4.98 Å². The number of aryl methyl sites for hydroxylation is 5. The van der Waals surface area contributed by atoms with Crippen LogP contribution < -0.4 is 9.47 Å². The van der Waals surface area contributed by atoms with Gasteiger partial charge < -0.3 is 9.47 Å². The number of halogens is 1. The number of methoxy groups -OCH3 is 2. The summed E-state index contributed by atoms with van der Waals surface area (Å²) in [7, 11) is 3.35. The zero-order valence-electron chi connectivity index (χ0n) is 24.8. The van der Waals surface area contributed by atoms with E-state index in [0.29, 0.717) is 0 Å². The Morgan fingerprint density at radius 3 is 1.27 bits per heavy atom. The molecule has 4 heteroatoms. The molecule has 5 aromatic rings. The van der Waals surface area contributed by atoms with Gasteiger partial charge >= 0.3 is 0 Å². The highest BCUT2D eigenvalue weighted by Gasteiger charge is 1.87. The standard InChI is InChI=1S/2C8H10O.C7H7F.C7H8.C6H7N.CH4/c1-7-3-5-8(9-2)6-4-7;1-7-4-3-5-8(6-7)9-2;1-6-3-2-4-7(8)5-6;1-7-5-3-2-4-6-7;1-6-2-4-7-5-3-6;/h2*3-6H,1-2H3;2-5H,1H3;2-6H,1H3;2-5H,1H3;1H4. The van der Waals surface area contributed by atoms with E-state index < -0.39 is 0 Å². The Balaban J connectivity index is 0.000000487. The Hall–Kier alpha value is -4.44. The van der Waals surface area contributed by atoms with E-state index in [1.165, 1.54) is 34.4 Å². The molecule has 0 saturated carbocycles. The van der Waals surface area contributed by atoms with E-state index in [1.807, 2.05) is 106 Å². The Bertz CT molecular complexity index is 1250. The van der Waals surface area contributed by atoms with E-state index in [1.54, 1.807) is 32.7 Å². The highest BCUT2D eigenvalue weighted by atomic mass is 19.1. The lowest BCUT2D eigenvalue weighted by molar-refractivity contribution is 0.414. The molecule has 3 nitrogen and oxygen atoms in total. The van der Waals surface area contributed by atoms with Crippen LogP contribution in [0.25, 0.3) is 0 Å². The summed E-state index contributed by atoms with van der Waals surface area (Å²) in [5.41, 5.74) is 6.03. The van der Waals surface area contributed by atoms with Crippen molar-refractivity contribution in [2.75, 3.05) is 14.2 Å². The highest BCUT2D eigenvalue weighted by molar-refractivity contribution is 5.27. The fourth-order valence-electron chi connectivity index (χ4n) is 2.98. The second-order valence-electron chi connectivity index (χ2n) is 9.02. The topological polar surface area (TPSA) is 31.4 Å². The van der Waals surface area contributed by atoms with Crippen molar-refractivity contribution in [2.45, 2.75) is 42.0 Å². The molecule has 218 valence electrons. The Morgan fingerprint density at radius 1 is 0.463 bits per heavy atom. The predicted molar refractivity (Wildman–Crippen MR) is 173 cm³/mol. The molecule has 41 heavy (non-hydrogen) atoms. The average Bonchev–Trinajstić information content (AvgIpc) is 2.96. The lowest BCUT2D eigenvalue weighted by atomic mass is 10.2. The first-order chi connectivity index (χ1) is 19.2. The number of hydrogen-bond donors (Lipinski definition) is 0. The van der Waals surface area contributed by atoms with Crippen molar-refractivity contribution in [3.05, 3.63) is 161 Å². The molecule has 4 aromatic carbocycles. The van der Waals surface area contributed by atoms with Gasteiger partial charge in [0.15, 0.2) is 0 Å². The van der Waals surface area contributed by atoms with Crippen LogP contribution in [-0.2, 0) is 0 Å². The number of ether oxygens (including phenoxy) is 2. The summed E-state index contributed by atoms with van der Waals surface area (Å²) in [6.07, 6.45) is 3.57. The molecule has 0 saturated heterocycles. The Kier molecular flexibility index (Phi) is 20.0. The van der Waals surface area contributed by atoms with Crippen molar-refractivity contribution < 1.29 is 13.9 Å². The second kappa shape index (κ2) is 22.4. The second-order valence-corrected chi connectivity index (χ2v) is 9.02. The molecular formula is C37H46FNO2. The first-order valence-corrected chi connectivity index (χ1v) is 13.0. The van der Waals surface area contributed by atoms with Crippen molar-refractivity contribution in [2.24, 2.45) is 0 Å². The maximum absolute atomic E-state index is 12.2. The lowest BCUT2D eigenvalue weighted by Gasteiger charge is -1.97. The third kappa shape index (κ3) is 19.3. The van der Waals surface area contributed by atoms with Gasteiger partial charge in [0.1, 0.15) is 17.3 Å². The van der Waals surface area contributed by atoms with Crippen LogP contribution in [0, 0.1) is 40.4 Å². The van der Waals surface area contributed by atoms with Crippen LogP contribution in [0.1, 0.15) is 35.2 Å². The molecule has 1 aromatic heterocycles. The summed E-state index contributed by atoms with van der Waals surface area (Å²) < 4.78 is 22.1. The molecule has 0 fully saturated rings. The van der Waals surface area contributed by atoms with Crippen LogP contribution in [-0.4, -0.2) is 19.2 Å². The minimum absolute atomic E-state index is 0. The summed E-state index contributed by atoms with van der Waals surface area (Å²) >= 11 is 0. The van der Waals surface area contributed by atoms with E-state index in [4.69, 9.17) is 9.47 Å². The molecule has 5 rings (SSSR count). The van der Waals surface area contributed by atoms with E-state index in [9.17, 15) is 4.39 Å². The minimum Gasteiger partial charge on any atom is -0.497 e. The zero-order valence-corrected chi connectivity index (χ0v) is 24.8. The Morgan fingerprint density at radius 2 is 0.927 bits per heavy atom. The van der Waals surface area contributed by atoms with E-state index in [-0.39, 0.29) is 13.2 Å². The summed E-state index contributed by atoms with van der Waals surface area (Å²) in [6.45, 7) is 10.1. The van der Waals surface area contributed by atoms with E-state index in [0.717, 1.165) is 17.1 Å². The molecule has 0 radical (unpaired) electrons. The number of nitrogens with zero attached hydrogens (tertiary/aromatic N) is 1. The SMILES string of the molecule is C.COc1ccc(C)cc1.COc1cccc(C)c1.Cc1cccc(F)c1.Cc1ccccc1.Cc1ccncc1. The van der Waals surface area contributed by atoms with Crippen LogP contribution >= 0.6 is 0 Å². The fourth-order valence-corrected chi connectivity index (χ4v) is 2.98. The van der Waals surface area contributed by atoms with Crippen molar-refractivity contribution in [1.29, 1.82) is 0 Å². The summed E-state index contributed by atoms with van der Waals surface area (Å²) in [5, 5.41) is 0. The third-order valence-electron chi connectivity index (χ3n) is 5.25. The molecule has 0 aliphatic carbocycles. The predicted octanol–water partition coefficient (Wildman–Crippen LogP) is 10.2. The molecule has 0 bridgehead atoms. The van der Waals surface area contributed by atoms with Crippen molar-refractivity contribution >= 4 is 0 Å². The monoisotopic (exact) mass is 555 g/mol. The van der Waals surface area contributed by atoms with Gasteiger partial charge in [-0.15, -0.1) is 0 Å². The molecule has 0 amide bonds. The van der Waals surface area contributed by atoms with Crippen LogP contribution in [0.4, 0.5) is 4.39 Å². The fraction of sp³-hybridized carbons (Fsp3) is 0.216. The van der Waals surface area contributed by atoms with Gasteiger partial charge in [-0.2, -0.15) is 0 Å². The summed E-state index contributed by atoms with van der Waals surface area (Å²) in [4.78, 5) is 3.85. The van der Waals surface area contributed by atoms with Crippen LogP contribution in [0.2, 0.25) is 0 Å². The largest absolute Gasteiger partial charge is 0.497 e. The first kappa shape index (κ1) is 36.6. The molecule has 0 aliphatic heterocycles. The zero-order chi connectivity index (χ0) is 29.6. The quantitative estimate of drug-likeness (QED) is 0.217. The van der Waals surface area contributed by atoms with Gasteiger partial charge in [-0.1, -0.05) is 85.3 Å². The molecule has 1 heterocycles. The van der Waals surface area contributed by atoms with Crippen LogP contribution in [0.15, 0.2) is 128 Å². The normalized spacial score (nSPS) is 8.78. The van der Waals surface area contributed by atoms with Gasteiger partial charge in [0.05, 0.1) is 14.2 Å². The molecule has 0 unspecified atom stereocenters. The van der Waals surface area contributed by atoms with Gasteiger partial charge in [-0.05, 0) is 99.8 Å². The van der Waals surface area contributed by atoms with Gasteiger partial charge in [0.25, 0.3) is 0 Å². The van der Waals surface area contributed by atoms with Crippen LogP contribution in [0.3, 0.4) is 0 Å². The average molecular weight is 556 g/mol.